The summed E-state index contributed by atoms with van der Waals surface area (Å²) < 4.78 is 0. The van der Waals surface area contributed by atoms with Crippen molar-refractivity contribution in [1.82, 2.24) is 9.88 Å². The van der Waals surface area contributed by atoms with Gasteiger partial charge in [-0.3, -0.25) is 10.1 Å². The van der Waals surface area contributed by atoms with Crippen molar-refractivity contribution in [2.45, 2.75) is 32.2 Å². The highest BCUT2D eigenvalue weighted by Gasteiger charge is 2.23. The van der Waals surface area contributed by atoms with Gasteiger partial charge in [-0.15, -0.1) is 0 Å². The predicted octanol–water partition coefficient (Wildman–Crippen LogP) is 2.15. The Hall–Kier alpha value is -2.20. The van der Waals surface area contributed by atoms with Crippen molar-refractivity contribution in [3.63, 3.8) is 0 Å². The summed E-state index contributed by atoms with van der Waals surface area (Å²) in [6.07, 6.45) is 5.10. The lowest BCUT2D eigenvalue weighted by Gasteiger charge is -2.29. The molecule has 2 heterocycles. The van der Waals surface area contributed by atoms with E-state index >= 15 is 0 Å². The Kier molecular flexibility index (Phi) is 5.06. The van der Waals surface area contributed by atoms with Gasteiger partial charge in [0.15, 0.2) is 0 Å². The first-order valence-corrected chi connectivity index (χ1v) is 7.14. The minimum atomic E-state index is -0.554. The third-order valence-corrected chi connectivity index (χ3v) is 3.59. The van der Waals surface area contributed by atoms with E-state index in [9.17, 15) is 10.1 Å². The van der Waals surface area contributed by atoms with E-state index in [2.05, 4.69) is 15.2 Å². The molecule has 0 aliphatic carbocycles. The fourth-order valence-corrected chi connectivity index (χ4v) is 2.64. The molecule has 0 aromatic carbocycles. The van der Waals surface area contributed by atoms with Crippen LogP contribution in [0, 0.1) is 21.4 Å². The summed E-state index contributed by atoms with van der Waals surface area (Å²) >= 11 is 0. The number of hydrogen-bond acceptors (Lipinski definition) is 6. The van der Waals surface area contributed by atoms with Crippen molar-refractivity contribution in [3.05, 3.63) is 27.9 Å². The Morgan fingerprint density at radius 1 is 1.52 bits per heavy atom. The van der Waals surface area contributed by atoms with Gasteiger partial charge in [-0.25, -0.2) is 4.98 Å². The van der Waals surface area contributed by atoms with Crippen LogP contribution < -0.4 is 5.32 Å². The number of piperidine rings is 1. The van der Waals surface area contributed by atoms with Crippen molar-refractivity contribution in [2.75, 3.05) is 25.0 Å². The molecule has 1 aliphatic heterocycles. The summed E-state index contributed by atoms with van der Waals surface area (Å²) in [5.41, 5.74) is -0.215. The van der Waals surface area contributed by atoms with E-state index in [0.29, 0.717) is 0 Å². The zero-order valence-corrected chi connectivity index (χ0v) is 12.1. The van der Waals surface area contributed by atoms with Gasteiger partial charge in [-0.2, -0.15) is 5.26 Å². The Labute approximate surface area is 123 Å². The standard InChI is InChI=1S/C14H19N5O2/c1-11(10-18-7-3-2-4-8-18)17-14-13(19(20)21)12(9-15)5-6-16-14/h5-6,11H,2-4,7-8,10H2,1H3,(H,16,17). The molecular formula is C14H19N5O2. The van der Waals surface area contributed by atoms with Crippen LogP contribution in [0.15, 0.2) is 12.3 Å². The lowest BCUT2D eigenvalue weighted by molar-refractivity contribution is -0.384. The molecule has 0 amide bonds. The molecule has 1 atom stereocenters. The molecule has 0 radical (unpaired) electrons. The number of nitriles is 1. The Bertz CT molecular complexity index is 549. The van der Waals surface area contributed by atoms with E-state index in [1.807, 2.05) is 13.0 Å². The molecule has 0 saturated carbocycles. The number of pyridine rings is 1. The van der Waals surface area contributed by atoms with E-state index in [4.69, 9.17) is 5.26 Å². The second kappa shape index (κ2) is 6.99. The van der Waals surface area contributed by atoms with Crippen LogP contribution in [0.5, 0.6) is 0 Å². The average molecular weight is 289 g/mol. The van der Waals surface area contributed by atoms with Crippen LogP contribution in [-0.2, 0) is 0 Å². The second-order valence-electron chi connectivity index (χ2n) is 5.33. The van der Waals surface area contributed by atoms with E-state index in [-0.39, 0.29) is 23.1 Å². The molecular weight excluding hydrogens is 270 g/mol. The third-order valence-electron chi connectivity index (χ3n) is 3.59. The van der Waals surface area contributed by atoms with E-state index in [0.717, 1.165) is 19.6 Å². The second-order valence-corrected chi connectivity index (χ2v) is 5.33. The van der Waals surface area contributed by atoms with Gasteiger partial charge in [-0.1, -0.05) is 6.42 Å². The monoisotopic (exact) mass is 289 g/mol. The topological polar surface area (TPSA) is 95.1 Å². The number of nitrogens with one attached hydrogen (secondary N) is 1. The largest absolute Gasteiger partial charge is 0.361 e. The quantitative estimate of drug-likeness (QED) is 0.659. The van der Waals surface area contributed by atoms with E-state index < -0.39 is 4.92 Å². The Morgan fingerprint density at radius 3 is 2.86 bits per heavy atom. The molecule has 1 aromatic heterocycles. The summed E-state index contributed by atoms with van der Waals surface area (Å²) in [5.74, 6) is 0.170. The predicted molar refractivity (Wildman–Crippen MR) is 79.0 cm³/mol. The maximum absolute atomic E-state index is 11.1. The summed E-state index contributed by atoms with van der Waals surface area (Å²) in [6, 6.07) is 3.23. The molecule has 0 spiro atoms. The number of nitrogens with zero attached hydrogens (tertiary/aromatic N) is 4. The smallest absolute Gasteiger partial charge is 0.328 e. The minimum Gasteiger partial charge on any atom is -0.361 e. The van der Waals surface area contributed by atoms with Crippen molar-refractivity contribution in [1.29, 1.82) is 5.26 Å². The van der Waals surface area contributed by atoms with Crippen LogP contribution in [0.1, 0.15) is 31.7 Å². The summed E-state index contributed by atoms with van der Waals surface area (Å²) in [6.45, 7) is 4.92. The number of aromatic nitrogens is 1. The fourth-order valence-electron chi connectivity index (χ4n) is 2.64. The highest BCUT2D eigenvalue weighted by atomic mass is 16.6. The van der Waals surface area contributed by atoms with Crippen LogP contribution >= 0.6 is 0 Å². The summed E-state index contributed by atoms with van der Waals surface area (Å²) in [5, 5.41) is 23.2. The first-order valence-electron chi connectivity index (χ1n) is 7.14. The molecule has 0 bridgehead atoms. The van der Waals surface area contributed by atoms with Crippen LogP contribution in [0.4, 0.5) is 11.5 Å². The number of rotatable bonds is 5. The van der Waals surface area contributed by atoms with Crippen molar-refractivity contribution in [2.24, 2.45) is 0 Å². The van der Waals surface area contributed by atoms with Crippen LogP contribution in [0.2, 0.25) is 0 Å². The van der Waals surface area contributed by atoms with E-state index in [1.165, 1.54) is 31.5 Å². The lowest BCUT2D eigenvalue weighted by atomic mass is 10.1. The maximum Gasteiger partial charge on any atom is 0.328 e. The molecule has 112 valence electrons. The molecule has 1 aromatic rings. The highest BCUT2D eigenvalue weighted by Crippen LogP contribution is 2.26. The SMILES string of the molecule is CC(CN1CCCCC1)Nc1nccc(C#N)c1[N+](=O)[O-]. The first kappa shape index (κ1) is 15.2. The molecule has 1 saturated heterocycles. The zero-order chi connectivity index (χ0) is 15.2. The number of anilines is 1. The first-order chi connectivity index (χ1) is 10.1. The van der Waals surface area contributed by atoms with Gasteiger partial charge < -0.3 is 10.2 Å². The van der Waals surface area contributed by atoms with Gasteiger partial charge in [0.25, 0.3) is 0 Å². The van der Waals surface area contributed by atoms with Crippen molar-refractivity contribution in [3.8, 4) is 6.07 Å². The van der Waals surface area contributed by atoms with Crippen LogP contribution in [-0.4, -0.2) is 40.5 Å². The Morgan fingerprint density at radius 2 is 2.24 bits per heavy atom. The van der Waals surface area contributed by atoms with Gasteiger partial charge in [0.2, 0.25) is 5.82 Å². The molecule has 2 rings (SSSR count). The van der Waals surface area contributed by atoms with Crippen molar-refractivity contribution >= 4 is 11.5 Å². The minimum absolute atomic E-state index is 0.0303. The average Bonchev–Trinajstić information content (AvgIpc) is 2.47. The third kappa shape index (κ3) is 3.89. The Balaban J connectivity index is 2.08. The zero-order valence-electron chi connectivity index (χ0n) is 12.1. The fraction of sp³-hybridized carbons (Fsp3) is 0.571. The number of hydrogen-bond donors (Lipinski definition) is 1. The van der Waals surface area contributed by atoms with Crippen LogP contribution in [0.3, 0.4) is 0 Å². The van der Waals surface area contributed by atoms with E-state index in [1.54, 1.807) is 0 Å². The molecule has 1 fully saturated rings. The molecule has 1 N–H and O–H groups in total. The van der Waals surface area contributed by atoms with Gasteiger partial charge in [0.1, 0.15) is 11.6 Å². The summed E-state index contributed by atoms with van der Waals surface area (Å²) in [7, 11) is 0. The highest BCUT2D eigenvalue weighted by molar-refractivity contribution is 5.64. The number of nitro groups is 1. The van der Waals surface area contributed by atoms with Gasteiger partial charge in [0.05, 0.1) is 4.92 Å². The molecule has 1 aliphatic rings. The molecule has 7 heteroatoms. The summed E-state index contributed by atoms with van der Waals surface area (Å²) in [4.78, 5) is 17.0. The molecule has 7 nitrogen and oxygen atoms in total. The maximum atomic E-state index is 11.1. The molecule has 1 unspecified atom stereocenters. The molecule has 21 heavy (non-hydrogen) atoms. The normalized spacial score (nSPS) is 17.0. The van der Waals surface area contributed by atoms with Crippen molar-refractivity contribution < 1.29 is 4.92 Å². The van der Waals surface area contributed by atoms with Crippen LogP contribution in [0.25, 0.3) is 0 Å². The lowest BCUT2D eigenvalue weighted by Crippen LogP contribution is -2.38. The van der Waals surface area contributed by atoms with Gasteiger partial charge >= 0.3 is 5.69 Å². The van der Waals surface area contributed by atoms with Gasteiger partial charge in [-0.05, 0) is 38.9 Å². The number of likely N-dealkylation sites (tertiary alicyclic amines) is 1. The van der Waals surface area contributed by atoms with Gasteiger partial charge in [0, 0.05) is 18.8 Å².